The van der Waals surface area contributed by atoms with E-state index in [4.69, 9.17) is 15.2 Å². The smallest absolute Gasteiger partial charge is 0.193 e. The van der Waals surface area contributed by atoms with Crippen LogP contribution < -0.4 is 15.2 Å². The van der Waals surface area contributed by atoms with Crippen LogP contribution in [0.15, 0.2) is 42.5 Å². The summed E-state index contributed by atoms with van der Waals surface area (Å²) in [4.78, 5) is 12.5. The van der Waals surface area contributed by atoms with E-state index in [0.717, 1.165) is 12.0 Å². The Morgan fingerprint density at radius 1 is 0.952 bits per heavy atom. The highest BCUT2D eigenvalue weighted by Gasteiger charge is 2.16. The van der Waals surface area contributed by atoms with Gasteiger partial charge in [-0.05, 0) is 36.7 Å². The topological polar surface area (TPSA) is 61.6 Å². The SMILES string of the molecule is NCCc1ccc(C(=O)c2ccc3c(c2)OCCO3)cc1. The Morgan fingerprint density at radius 3 is 2.33 bits per heavy atom. The first-order valence-electron chi connectivity index (χ1n) is 7.01. The molecule has 4 nitrogen and oxygen atoms in total. The molecule has 108 valence electrons. The van der Waals surface area contributed by atoms with Crippen molar-refractivity contribution in [3.8, 4) is 11.5 Å². The number of benzene rings is 2. The zero-order valence-corrected chi connectivity index (χ0v) is 11.7. The molecule has 21 heavy (non-hydrogen) atoms. The van der Waals surface area contributed by atoms with Crippen LogP contribution in [0.1, 0.15) is 21.5 Å². The van der Waals surface area contributed by atoms with Crippen LogP contribution in [0, 0.1) is 0 Å². The fourth-order valence-electron chi connectivity index (χ4n) is 2.34. The van der Waals surface area contributed by atoms with Gasteiger partial charge in [-0.25, -0.2) is 0 Å². The van der Waals surface area contributed by atoms with Gasteiger partial charge < -0.3 is 15.2 Å². The van der Waals surface area contributed by atoms with Crippen molar-refractivity contribution in [1.82, 2.24) is 0 Å². The van der Waals surface area contributed by atoms with Crippen LogP contribution in [-0.2, 0) is 6.42 Å². The molecule has 0 bridgehead atoms. The number of hydrogen-bond donors (Lipinski definition) is 1. The normalized spacial score (nSPS) is 13.0. The van der Waals surface area contributed by atoms with Crippen LogP contribution in [-0.4, -0.2) is 25.5 Å². The first kappa shape index (κ1) is 13.6. The largest absolute Gasteiger partial charge is 0.486 e. The first-order chi connectivity index (χ1) is 10.3. The molecule has 0 fully saturated rings. The van der Waals surface area contributed by atoms with E-state index in [1.165, 1.54) is 0 Å². The number of carbonyl (C=O) groups is 1. The maximum atomic E-state index is 12.5. The summed E-state index contributed by atoms with van der Waals surface area (Å²) >= 11 is 0. The molecule has 1 aliphatic rings. The van der Waals surface area contributed by atoms with Crippen molar-refractivity contribution < 1.29 is 14.3 Å². The summed E-state index contributed by atoms with van der Waals surface area (Å²) in [6, 6.07) is 12.9. The molecule has 1 aliphatic heterocycles. The third-order valence-electron chi connectivity index (χ3n) is 3.45. The van der Waals surface area contributed by atoms with E-state index in [9.17, 15) is 4.79 Å². The number of ether oxygens (including phenoxy) is 2. The Bertz CT molecular complexity index is 650. The van der Waals surface area contributed by atoms with Crippen LogP contribution >= 0.6 is 0 Å². The molecule has 0 atom stereocenters. The van der Waals surface area contributed by atoms with E-state index in [-0.39, 0.29) is 5.78 Å². The average Bonchev–Trinajstić information content (AvgIpc) is 2.55. The van der Waals surface area contributed by atoms with Crippen molar-refractivity contribution in [3.05, 3.63) is 59.2 Å². The minimum Gasteiger partial charge on any atom is -0.486 e. The molecule has 0 radical (unpaired) electrons. The molecule has 0 aliphatic carbocycles. The summed E-state index contributed by atoms with van der Waals surface area (Å²) in [6.45, 7) is 1.66. The van der Waals surface area contributed by atoms with Crippen molar-refractivity contribution >= 4 is 5.78 Å². The van der Waals surface area contributed by atoms with Gasteiger partial charge >= 0.3 is 0 Å². The van der Waals surface area contributed by atoms with Gasteiger partial charge in [-0.15, -0.1) is 0 Å². The number of carbonyl (C=O) groups excluding carboxylic acids is 1. The van der Waals surface area contributed by atoms with Gasteiger partial charge in [0.2, 0.25) is 0 Å². The van der Waals surface area contributed by atoms with Crippen molar-refractivity contribution in [2.75, 3.05) is 19.8 Å². The Morgan fingerprint density at radius 2 is 1.62 bits per heavy atom. The monoisotopic (exact) mass is 283 g/mol. The molecule has 2 N–H and O–H groups in total. The fraction of sp³-hybridized carbons (Fsp3) is 0.235. The summed E-state index contributed by atoms with van der Waals surface area (Å²) < 4.78 is 11.0. The number of nitrogens with two attached hydrogens (primary N) is 1. The Labute approximate surface area is 123 Å². The van der Waals surface area contributed by atoms with Gasteiger partial charge in [0, 0.05) is 11.1 Å². The summed E-state index contributed by atoms with van der Waals surface area (Å²) in [6.07, 6.45) is 0.818. The van der Waals surface area contributed by atoms with Crippen molar-refractivity contribution in [2.45, 2.75) is 6.42 Å². The summed E-state index contributed by atoms with van der Waals surface area (Å²) in [5.74, 6) is 1.30. The van der Waals surface area contributed by atoms with Crippen LogP contribution in [0.2, 0.25) is 0 Å². The van der Waals surface area contributed by atoms with Gasteiger partial charge in [-0.3, -0.25) is 4.79 Å². The number of fused-ring (bicyclic) bond motifs is 1. The predicted molar refractivity (Wildman–Crippen MR) is 80.1 cm³/mol. The van der Waals surface area contributed by atoms with Crippen molar-refractivity contribution in [2.24, 2.45) is 5.73 Å². The molecular formula is C17H17NO3. The van der Waals surface area contributed by atoms with E-state index in [2.05, 4.69) is 0 Å². The van der Waals surface area contributed by atoms with E-state index in [1.807, 2.05) is 24.3 Å². The Kier molecular flexibility index (Phi) is 3.88. The first-order valence-corrected chi connectivity index (χ1v) is 7.01. The predicted octanol–water partition coefficient (Wildman–Crippen LogP) is 2.19. The lowest BCUT2D eigenvalue weighted by Crippen LogP contribution is -2.15. The second-order valence-electron chi connectivity index (χ2n) is 4.92. The molecule has 2 aromatic carbocycles. The molecule has 3 rings (SSSR count). The molecule has 0 aromatic heterocycles. The van der Waals surface area contributed by atoms with Gasteiger partial charge in [0.25, 0.3) is 0 Å². The average molecular weight is 283 g/mol. The Hall–Kier alpha value is -2.33. The molecule has 1 heterocycles. The summed E-state index contributed by atoms with van der Waals surface area (Å²) in [5.41, 5.74) is 7.92. The fourth-order valence-corrected chi connectivity index (χ4v) is 2.34. The lowest BCUT2D eigenvalue weighted by Gasteiger charge is -2.18. The molecule has 0 amide bonds. The third kappa shape index (κ3) is 2.90. The zero-order valence-electron chi connectivity index (χ0n) is 11.7. The van der Waals surface area contributed by atoms with Gasteiger partial charge in [0.1, 0.15) is 13.2 Å². The lowest BCUT2D eigenvalue weighted by atomic mass is 10.0. The second-order valence-corrected chi connectivity index (χ2v) is 4.92. The maximum Gasteiger partial charge on any atom is 0.193 e. The summed E-state index contributed by atoms with van der Waals surface area (Å²) in [5, 5.41) is 0. The number of rotatable bonds is 4. The quantitative estimate of drug-likeness (QED) is 0.874. The highest BCUT2D eigenvalue weighted by Crippen LogP contribution is 2.31. The standard InChI is InChI=1S/C17H17NO3/c18-8-7-12-1-3-13(4-2-12)17(19)14-5-6-15-16(11-14)21-10-9-20-15/h1-6,11H,7-10,18H2. The van der Waals surface area contributed by atoms with Crippen LogP contribution in [0.5, 0.6) is 11.5 Å². The Balaban J connectivity index is 1.84. The number of ketones is 1. The molecule has 4 heteroatoms. The molecule has 0 saturated carbocycles. The van der Waals surface area contributed by atoms with Gasteiger partial charge in [-0.1, -0.05) is 24.3 Å². The van der Waals surface area contributed by atoms with E-state index in [1.54, 1.807) is 18.2 Å². The van der Waals surface area contributed by atoms with Gasteiger partial charge in [0.05, 0.1) is 0 Å². The van der Waals surface area contributed by atoms with E-state index in [0.29, 0.717) is 42.4 Å². The van der Waals surface area contributed by atoms with Crippen LogP contribution in [0.4, 0.5) is 0 Å². The molecule has 0 saturated heterocycles. The van der Waals surface area contributed by atoms with Gasteiger partial charge in [-0.2, -0.15) is 0 Å². The van der Waals surface area contributed by atoms with Crippen LogP contribution in [0.25, 0.3) is 0 Å². The van der Waals surface area contributed by atoms with Crippen molar-refractivity contribution in [1.29, 1.82) is 0 Å². The molecule has 2 aromatic rings. The van der Waals surface area contributed by atoms with E-state index >= 15 is 0 Å². The van der Waals surface area contributed by atoms with Crippen LogP contribution in [0.3, 0.4) is 0 Å². The molecular weight excluding hydrogens is 266 g/mol. The third-order valence-corrected chi connectivity index (χ3v) is 3.45. The molecule has 0 unspecified atom stereocenters. The lowest BCUT2D eigenvalue weighted by molar-refractivity contribution is 0.103. The second kappa shape index (κ2) is 5.97. The molecule has 0 spiro atoms. The van der Waals surface area contributed by atoms with Crippen molar-refractivity contribution in [3.63, 3.8) is 0 Å². The number of hydrogen-bond acceptors (Lipinski definition) is 4. The highest BCUT2D eigenvalue weighted by atomic mass is 16.6. The van der Waals surface area contributed by atoms with Gasteiger partial charge in [0.15, 0.2) is 17.3 Å². The zero-order chi connectivity index (χ0) is 14.7. The highest BCUT2D eigenvalue weighted by molar-refractivity contribution is 6.09. The maximum absolute atomic E-state index is 12.5. The van der Waals surface area contributed by atoms with E-state index < -0.39 is 0 Å². The minimum atomic E-state index is -0.0220. The minimum absolute atomic E-state index is 0.0220. The summed E-state index contributed by atoms with van der Waals surface area (Å²) in [7, 11) is 0.